The van der Waals surface area contributed by atoms with Gasteiger partial charge in [-0.2, -0.15) is 0 Å². The van der Waals surface area contributed by atoms with Crippen LogP contribution in [-0.2, 0) is 9.84 Å². The fourth-order valence-electron chi connectivity index (χ4n) is 2.76. The third-order valence-corrected chi connectivity index (χ3v) is 5.13. The Kier molecular flexibility index (Phi) is 6.01. The van der Waals surface area contributed by atoms with Crippen molar-refractivity contribution in [2.75, 3.05) is 31.2 Å². The first-order valence-electron chi connectivity index (χ1n) is 7.98. The molecule has 2 N–H and O–H groups in total. The smallest absolute Gasteiger partial charge is 0.319 e. The van der Waals surface area contributed by atoms with Crippen molar-refractivity contribution in [3.8, 4) is 0 Å². The summed E-state index contributed by atoms with van der Waals surface area (Å²) in [4.78, 5) is 14.7. The normalized spacial score (nSPS) is 17.0. The molecule has 2 rings (SSSR count). The number of rotatable bonds is 5. The van der Waals surface area contributed by atoms with Crippen LogP contribution >= 0.6 is 0 Å². The molecule has 1 fully saturated rings. The second-order valence-corrected chi connectivity index (χ2v) is 8.03. The molecule has 2 amide bonds. The van der Waals surface area contributed by atoms with E-state index in [4.69, 9.17) is 0 Å². The van der Waals surface area contributed by atoms with Gasteiger partial charge in [0.25, 0.3) is 0 Å². The van der Waals surface area contributed by atoms with Gasteiger partial charge < -0.3 is 15.5 Å². The van der Waals surface area contributed by atoms with E-state index in [1.165, 1.54) is 12.1 Å². The number of piperidine rings is 1. The molecule has 6 nitrogen and oxygen atoms in total. The fraction of sp³-hybridized carbons (Fsp3) is 0.562. The molecule has 7 heteroatoms. The number of hydrogen-bond donors (Lipinski definition) is 2. The van der Waals surface area contributed by atoms with Crippen LogP contribution in [0.3, 0.4) is 0 Å². The van der Waals surface area contributed by atoms with Crippen molar-refractivity contribution >= 4 is 21.6 Å². The van der Waals surface area contributed by atoms with E-state index in [1.54, 1.807) is 12.1 Å². The van der Waals surface area contributed by atoms with Crippen LogP contribution in [0, 0.1) is 0 Å². The first-order chi connectivity index (χ1) is 10.9. The minimum absolute atomic E-state index is 0.193. The maximum absolute atomic E-state index is 12.0. The van der Waals surface area contributed by atoms with Gasteiger partial charge in [0.1, 0.15) is 0 Å². The van der Waals surface area contributed by atoms with Crippen molar-refractivity contribution in [1.82, 2.24) is 10.2 Å². The van der Waals surface area contributed by atoms with Gasteiger partial charge in [-0.3, -0.25) is 0 Å². The van der Waals surface area contributed by atoms with E-state index in [0.717, 1.165) is 45.2 Å². The second-order valence-electron chi connectivity index (χ2n) is 6.01. The van der Waals surface area contributed by atoms with Crippen LogP contribution in [0.4, 0.5) is 10.5 Å². The lowest BCUT2D eigenvalue weighted by Gasteiger charge is -2.32. The monoisotopic (exact) mass is 339 g/mol. The molecule has 0 atom stereocenters. The third kappa shape index (κ3) is 5.51. The average Bonchev–Trinajstić information content (AvgIpc) is 2.49. The Morgan fingerprint density at radius 3 is 2.35 bits per heavy atom. The molecule has 0 aromatic heterocycles. The van der Waals surface area contributed by atoms with Gasteiger partial charge in [-0.05, 0) is 50.1 Å². The number of amides is 2. The molecule has 0 saturated carbocycles. The van der Waals surface area contributed by atoms with Crippen molar-refractivity contribution in [3.05, 3.63) is 24.3 Å². The quantitative estimate of drug-likeness (QED) is 0.861. The second kappa shape index (κ2) is 7.79. The predicted molar refractivity (Wildman–Crippen MR) is 91.5 cm³/mol. The highest BCUT2D eigenvalue weighted by Crippen LogP contribution is 2.14. The number of sulfone groups is 1. The molecule has 0 unspecified atom stereocenters. The largest absolute Gasteiger partial charge is 0.335 e. The highest BCUT2D eigenvalue weighted by Gasteiger charge is 2.20. The highest BCUT2D eigenvalue weighted by atomic mass is 32.2. The Balaban J connectivity index is 1.81. The molecule has 0 radical (unpaired) electrons. The van der Waals surface area contributed by atoms with Crippen LogP contribution in [0.15, 0.2) is 29.2 Å². The van der Waals surface area contributed by atoms with Gasteiger partial charge >= 0.3 is 6.03 Å². The minimum atomic E-state index is -3.21. The summed E-state index contributed by atoms with van der Waals surface area (Å²) in [5.74, 6) is 0. The van der Waals surface area contributed by atoms with Crippen molar-refractivity contribution < 1.29 is 13.2 Å². The zero-order chi connectivity index (χ0) is 16.9. The maximum atomic E-state index is 12.0. The van der Waals surface area contributed by atoms with Gasteiger partial charge in [-0.1, -0.05) is 6.92 Å². The minimum Gasteiger partial charge on any atom is -0.335 e. The third-order valence-electron chi connectivity index (χ3n) is 4.00. The fourth-order valence-corrected chi connectivity index (χ4v) is 3.39. The van der Waals surface area contributed by atoms with Gasteiger partial charge in [0.05, 0.1) is 4.90 Å². The number of nitrogens with zero attached hydrogens (tertiary/aromatic N) is 1. The Bertz CT molecular complexity index is 620. The van der Waals surface area contributed by atoms with E-state index < -0.39 is 9.84 Å². The van der Waals surface area contributed by atoms with Gasteiger partial charge in [0, 0.05) is 31.1 Å². The molecule has 23 heavy (non-hydrogen) atoms. The number of anilines is 1. The summed E-state index contributed by atoms with van der Waals surface area (Å²) >= 11 is 0. The Hall–Kier alpha value is -1.60. The molecule has 1 aromatic carbocycles. The van der Waals surface area contributed by atoms with Crippen LogP contribution in [0.25, 0.3) is 0 Å². The van der Waals surface area contributed by atoms with Gasteiger partial charge in [0.15, 0.2) is 9.84 Å². The number of urea groups is 1. The van der Waals surface area contributed by atoms with Crippen molar-refractivity contribution in [2.24, 2.45) is 0 Å². The van der Waals surface area contributed by atoms with Gasteiger partial charge in [-0.25, -0.2) is 13.2 Å². The van der Waals surface area contributed by atoms with Crippen molar-refractivity contribution in [2.45, 2.75) is 37.1 Å². The first kappa shape index (κ1) is 17.7. The van der Waals surface area contributed by atoms with E-state index in [1.807, 2.05) is 0 Å². The first-order valence-corrected chi connectivity index (χ1v) is 9.87. The number of carbonyl (C=O) groups excluding carboxylic acids is 1. The lowest BCUT2D eigenvalue weighted by molar-refractivity contribution is 0.196. The van der Waals surface area contributed by atoms with E-state index in [-0.39, 0.29) is 17.0 Å². The maximum Gasteiger partial charge on any atom is 0.319 e. The molecule has 128 valence electrons. The summed E-state index contributed by atoms with van der Waals surface area (Å²) in [7, 11) is -3.21. The van der Waals surface area contributed by atoms with Crippen LogP contribution in [0.2, 0.25) is 0 Å². The number of carbonyl (C=O) groups is 1. The highest BCUT2D eigenvalue weighted by molar-refractivity contribution is 7.90. The van der Waals surface area contributed by atoms with Gasteiger partial charge in [0.2, 0.25) is 0 Å². The van der Waals surface area contributed by atoms with Crippen LogP contribution < -0.4 is 10.6 Å². The molecule has 1 aliphatic heterocycles. The SMILES string of the molecule is CCCN1CCC(NC(=O)Nc2ccc(S(C)(=O)=O)cc2)CC1. The van der Waals surface area contributed by atoms with E-state index >= 15 is 0 Å². The summed E-state index contributed by atoms with van der Waals surface area (Å²) in [5.41, 5.74) is 0.582. The van der Waals surface area contributed by atoms with Gasteiger partial charge in [-0.15, -0.1) is 0 Å². The molecule has 0 aliphatic carbocycles. The number of likely N-dealkylation sites (tertiary alicyclic amines) is 1. The lowest BCUT2D eigenvalue weighted by Crippen LogP contribution is -2.46. The molecule has 1 aliphatic rings. The summed E-state index contributed by atoms with van der Waals surface area (Å²) in [6.07, 6.45) is 4.23. The summed E-state index contributed by atoms with van der Waals surface area (Å²) < 4.78 is 22.8. The standard InChI is InChI=1S/C16H25N3O3S/c1-3-10-19-11-8-14(9-12-19)18-16(20)17-13-4-6-15(7-5-13)23(2,21)22/h4-7,14H,3,8-12H2,1-2H3,(H2,17,18,20). The van der Waals surface area contributed by atoms with Crippen molar-refractivity contribution in [3.63, 3.8) is 0 Å². The number of nitrogens with one attached hydrogen (secondary N) is 2. The van der Waals surface area contributed by atoms with E-state index in [0.29, 0.717) is 5.69 Å². The Labute approximate surface area is 138 Å². The van der Waals surface area contributed by atoms with Crippen molar-refractivity contribution in [1.29, 1.82) is 0 Å². The molecule has 0 bridgehead atoms. The predicted octanol–water partition coefficient (Wildman–Crippen LogP) is 2.09. The average molecular weight is 339 g/mol. The summed E-state index contributed by atoms with van der Waals surface area (Å²) in [6, 6.07) is 6.13. The summed E-state index contributed by atoms with van der Waals surface area (Å²) in [6.45, 7) is 5.32. The molecule has 0 spiro atoms. The van der Waals surface area contributed by atoms with Crippen LogP contribution in [0.1, 0.15) is 26.2 Å². The summed E-state index contributed by atoms with van der Waals surface area (Å²) in [5, 5.41) is 5.73. The Morgan fingerprint density at radius 2 is 1.83 bits per heavy atom. The molecular weight excluding hydrogens is 314 g/mol. The zero-order valence-electron chi connectivity index (χ0n) is 13.7. The van der Waals surface area contributed by atoms with Crippen LogP contribution in [-0.4, -0.2) is 51.3 Å². The molecule has 1 heterocycles. The van der Waals surface area contributed by atoms with Crippen LogP contribution in [0.5, 0.6) is 0 Å². The molecular formula is C16H25N3O3S. The lowest BCUT2D eigenvalue weighted by atomic mass is 10.1. The molecule has 1 saturated heterocycles. The number of benzene rings is 1. The topological polar surface area (TPSA) is 78.5 Å². The van der Waals surface area contributed by atoms with E-state index in [9.17, 15) is 13.2 Å². The number of hydrogen-bond acceptors (Lipinski definition) is 4. The Morgan fingerprint density at radius 1 is 1.22 bits per heavy atom. The van der Waals surface area contributed by atoms with E-state index in [2.05, 4.69) is 22.5 Å². The zero-order valence-corrected chi connectivity index (χ0v) is 14.5. The molecule has 1 aromatic rings.